The maximum atomic E-state index is 12.2. The van der Waals surface area contributed by atoms with Gasteiger partial charge >= 0.3 is 5.97 Å². The van der Waals surface area contributed by atoms with Crippen LogP contribution in [-0.4, -0.2) is 54.1 Å². The van der Waals surface area contributed by atoms with E-state index in [1.54, 1.807) is 55.5 Å². The second-order valence-electron chi connectivity index (χ2n) is 5.91. The molecule has 25 heavy (non-hydrogen) atoms. The maximum Gasteiger partial charge on any atom is 0.310 e. The number of ketones is 1. The zero-order chi connectivity index (χ0) is 18.8. The van der Waals surface area contributed by atoms with Gasteiger partial charge in [0, 0.05) is 17.7 Å². The van der Waals surface area contributed by atoms with Gasteiger partial charge in [-0.3, -0.25) is 9.59 Å². The molecular formula is C20H25NO4. The van der Waals surface area contributed by atoms with Crippen LogP contribution in [0.5, 0.6) is 0 Å². The number of aliphatic hydroxyl groups excluding tert-OH is 1. The highest BCUT2D eigenvalue weighted by Crippen LogP contribution is 2.18. The van der Waals surface area contributed by atoms with Crippen molar-refractivity contribution in [1.29, 1.82) is 0 Å². The Hall–Kier alpha value is -2.50. The largest absolute Gasteiger partial charge is 0.481 e. The second-order valence-corrected chi connectivity index (χ2v) is 5.91. The van der Waals surface area contributed by atoms with E-state index >= 15 is 0 Å². The maximum absolute atomic E-state index is 12.2. The van der Waals surface area contributed by atoms with Crippen LogP contribution >= 0.6 is 0 Å². The molecule has 5 heteroatoms. The number of carboxylic acids is 1. The number of carboxylic acid groups (broad SMARTS) is 1. The van der Waals surface area contributed by atoms with Gasteiger partial charge in [-0.15, -0.1) is 0 Å². The van der Waals surface area contributed by atoms with E-state index in [4.69, 9.17) is 10.2 Å². The highest BCUT2D eigenvalue weighted by atomic mass is 16.4. The molecule has 0 aliphatic rings. The Bertz CT molecular complexity index is 683. The minimum Gasteiger partial charge on any atom is -0.481 e. The van der Waals surface area contributed by atoms with Crippen molar-refractivity contribution in [3.63, 3.8) is 0 Å². The van der Waals surface area contributed by atoms with E-state index in [0.717, 1.165) is 6.54 Å². The summed E-state index contributed by atoms with van der Waals surface area (Å²) < 4.78 is 0. The number of carbonyl (C=O) groups is 2. The topological polar surface area (TPSA) is 77.8 Å². The molecule has 2 aromatic rings. The number of hydrogen-bond acceptors (Lipinski definition) is 4. The number of likely N-dealkylation sites (N-methyl/N-ethyl adjacent to an activating group) is 1. The summed E-state index contributed by atoms with van der Waals surface area (Å²) in [6.07, 6.45) is 0. The van der Waals surface area contributed by atoms with Crippen LogP contribution in [0.15, 0.2) is 54.6 Å². The minimum atomic E-state index is -0.899. The molecule has 134 valence electrons. The summed E-state index contributed by atoms with van der Waals surface area (Å²) in [6, 6.07) is 15.7. The van der Waals surface area contributed by atoms with E-state index in [2.05, 4.69) is 0 Å². The molecule has 0 bridgehead atoms. The Morgan fingerprint density at radius 3 is 2.08 bits per heavy atom. The number of rotatable bonds is 6. The zero-order valence-corrected chi connectivity index (χ0v) is 14.8. The normalized spacial score (nSPS) is 11.4. The van der Waals surface area contributed by atoms with Crippen LogP contribution in [0.25, 0.3) is 0 Å². The average Bonchev–Trinajstić information content (AvgIpc) is 2.61. The first kappa shape index (κ1) is 20.5. The number of benzene rings is 2. The standard InChI is InChI=1S/C16H14O3.C4H11NO/c1-11(16(18)19)13-8-5-9-14(10-13)15(17)12-6-3-2-4-7-12;1-5(2)3-4-6/h2-11H,1H3,(H,18,19);6H,3-4H2,1-2H3. The lowest BCUT2D eigenvalue weighted by atomic mass is 9.96. The van der Waals surface area contributed by atoms with Gasteiger partial charge in [0.05, 0.1) is 12.5 Å². The molecule has 1 unspecified atom stereocenters. The molecule has 0 amide bonds. The molecule has 0 radical (unpaired) electrons. The Morgan fingerprint density at radius 2 is 1.60 bits per heavy atom. The predicted octanol–water partition coefficient (Wildman–Crippen LogP) is 2.65. The first-order chi connectivity index (χ1) is 11.9. The Kier molecular flexibility index (Phi) is 8.53. The van der Waals surface area contributed by atoms with Gasteiger partial charge in [0.15, 0.2) is 5.78 Å². The molecule has 0 heterocycles. The molecular weight excluding hydrogens is 318 g/mol. The van der Waals surface area contributed by atoms with Gasteiger partial charge in [-0.05, 0) is 32.6 Å². The van der Waals surface area contributed by atoms with Crippen LogP contribution in [0.3, 0.4) is 0 Å². The highest BCUT2D eigenvalue weighted by molar-refractivity contribution is 6.09. The quantitative estimate of drug-likeness (QED) is 0.789. The molecule has 1 atom stereocenters. The summed E-state index contributed by atoms with van der Waals surface area (Å²) in [5.74, 6) is -1.62. The van der Waals surface area contributed by atoms with Crippen molar-refractivity contribution < 1.29 is 19.8 Å². The predicted molar refractivity (Wildman–Crippen MR) is 98.0 cm³/mol. The average molecular weight is 343 g/mol. The summed E-state index contributed by atoms with van der Waals surface area (Å²) in [7, 11) is 3.85. The third-order valence-electron chi connectivity index (χ3n) is 3.60. The van der Waals surface area contributed by atoms with Crippen molar-refractivity contribution in [2.75, 3.05) is 27.2 Å². The molecule has 0 aromatic heterocycles. The fourth-order valence-corrected chi connectivity index (χ4v) is 2.05. The van der Waals surface area contributed by atoms with Crippen LogP contribution in [-0.2, 0) is 4.79 Å². The molecule has 0 aliphatic carbocycles. The van der Waals surface area contributed by atoms with E-state index in [1.807, 2.05) is 25.1 Å². The lowest BCUT2D eigenvalue weighted by molar-refractivity contribution is -0.138. The lowest BCUT2D eigenvalue weighted by Crippen LogP contribution is -2.15. The van der Waals surface area contributed by atoms with Crippen molar-refractivity contribution in [3.05, 3.63) is 71.3 Å². The van der Waals surface area contributed by atoms with E-state index in [1.165, 1.54) is 0 Å². The van der Waals surface area contributed by atoms with Crippen LogP contribution in [0, 0.1) is 0 Å². The van der Waals surface area contributed by atoms with Crippen molar-refractivity contribution in [3.8, 4) is 0 Å². The van der Waals surface area contributed by atoms with Crippen LogP contribution < -0.4 is 0 Å². The smallest absolute Gasteiger partial charge is 0.310 e. The van der Waals surface area contributed by atoms with Crippen LogP contribution in [0.2, 0.25) is 0 Å². The van der Waals surface area contributed by atoms with E-state index in [-0.39, 0.29) is 12.4 Å². The number of carbonyl (C=O) groups excluding carboxylic acids is 1. The molecule has 0 aliphatic heterocycles. The van der Waals surface area contributed by atoms with Gasteiger partial charge < -0.3 is 15.1 Å². The molecule has 0 spiro atoms. The highest BCUT2D eigenvalue weighted by Gasteiger charge is 2.16. The molecule has 5 nitrogen and oxygen atoms in total. The fraction of sp³-hybridized carbons (Fsp3) is 0.300. The molecule has 2 rings (SSSR count). The van der Waals surface area contributed by atoms with Gasteiger partial charge in [-0.2, -0.15) is 0 Å². The summed E-state index contributed by atoms with van der Waals surface area (Å²) in [6.45, 7) is 2.63. The Balaban J connectivity index is 0.000000450. The molecule has 2 aromatic carbocycles. The van der Waals surface area contributed by atoms with Gasteiger partial charge in [0.2, 0.25) is 0 Å². The van der Waals surface area contributed by atoms with Gasteiger partial charge in [-0.25, -0.2) is 0 Å². The summed E-state index contributed by atoms with van der Waals surface area (Å²) in [5.41, 5.74) is 1.74. The lowest BCUT2D eigenvalue weighted by Gasteiger charge is -2.08. The van der Waals surface area contributed by atoms with Crippen molar-refractivity contribution in [2.45, 2.75) is 12.8 Å². The van der Waals surface area contributed by atoms with Crippen molar-refractivity contribution in [2.24, 2.45) is 0 Å². The molecule has 0 saturated heterocycles. The van der Waals surface area contributed by atoms with E-state index in [0.29, 0.717) is 16.7 Å². The van der Waals surface area contributed by atoms with Crippen LogP contribution in [0.4, 0.5) is 0 Å². The first-order valence-corrected chi connectivity index (χ1v) is 8.05. The number of aliphatic hydroxyl groups is 1. The third kappa shape index (κ3) is 6.87. The van der Waals surface area contributed by atoms with Crippen LogP contribution in [0.1, 0.15) is 34.3 Å². The van der Waals surface area contributed by atoms with E-state index < -0.39 is 11.9 Å². The summed E-state index contributed by atoms with van der Waals surface area (Å²) in [4.78, 5) is 25.1. The zero-order valence-electron chi connectivity index (χ0n) is 14.8. The summed E-state index contributed by atoms with van der Waals surface area (Å²) >= 11 is 0. The summed E-state index contributed by atoms with van der Waals surface area (Å²) in [5, 5.41) is 17.2. The molecule has 0 saturated carbocycles. The monoisotopic (exact) mass is 343 g/mol. The van der Waals surface area contributed by atoms with Gasteiger partial charge in [0.1, 0.15) is 0 Å². The minimum absolute atomic E-state index is 0.0972. The Labute approximate surface area is 148 Å². The Morgan fingerprint density at radius 1 is 1.00 bits per heavy atom. The van der Waals surface area contributed by atoms with E-state index in [9.17, 15) is 9.59 Å². The molecule has 2 N–H and O–H groups in total. The number of aliphatic carboxylic acids is 1. The SMILES string of the molecule is CC(C(=O)O)c1cccc(C(=O)c2ccccc2)c1.CN(C)CCO. The van der Waals surface area contributed by atoms with Gasteiger partial charge in [0.25, 0.3) is 0 Å². The van der Waals surface area contributed by atoms with Crippen molar-refractivity contribution >= 4 is 11.8 Å². The fourth-order valence-electron chi connectivity index (χ4n) is 2.05. The second kappa shape index (κ2) is 10.4. The van der Waals surface area contributed by atoms with Gasteiger partial charge in [-0.1, -0.05) is 48.5 Å². The van der Waals surface area contributed by atoms with Crippen molar-refractivity contribution in [1.82, 2.24) is 4.90 Å². The molecule has 0 fully saturated rings. The third-order valence-corrected chi connectivity index (χ3v) is 3.60. The number of hydrogen-bond donors (Lipinski definition) is 2. The first-order valence-electron chi connectivity index (χ1n) is 8.05. The number of nitrogens with zero attached hydrogens (tertiary/aromatic N) is 1.